The van der Waals surface area contributed by atoms with E-state index in [0.29, 0.717) is 33.3 Å². The SMILES string of the molecule is CC(C)(C)OC(=O)NCc1cc2ncc(N3CCOCC3)n2cc1-c1ccc(Cl)cc1Cl.CNCc1cc2ncc(N3CCOCC3)n2cc1-c1ccc(Cl)cc1Cl. The second kappa shape index (κ2) is 18.3. The smallest absolute Gasteiger partial charge is 0.407 e. The number of carbonyl (C=O) groups excluding carboxylic acids is 1. The van der Waals surface area contributed by atoms with E-state index in [1.807, 2.05) is 75.1 Å². The number of imidazole rings is 2. The molecule has 1 amide bonds. The zero-order valence-corrected chi connectivity index (χ0v) is 35.9. The van der Waals surface area contributed by atoms with Crippen molar-refractivity contribution < 1.29 is 19.0 Å². The Bertz CT molecular complexity index is 2400. The molecule has 12 nitrogen and oxygen atoms in total. The Balaban J connectivity index is 0.000000180. The van der Waals surface area contributed by atoms with Crippen LogP contribution in [0.5, 0.6) is 0 Å². The van der Waals surface area contributed by atoms with Crippen molar-refractivity contribution in [3.8, 4) is 22.3 Å². The van der Waals surface area contributed by atoms with Crippen molar-refractivity contribution in [1.29, 1.82) is 0 Å². The summed E-state index contributed by atoms with van der Waals surface area (Å²) in [6.07, 6.45) is 7.43. The number of nitrogens with one attached hydrogen (secondary N) is 2. The standard InChI is InChI=1S/C23H26Cl2N4O3.C19H20Cl2N4O/c1-23(2,3)32-22(30)27-12-15-10-20-26-13-21(28-6-8-31-9-7-28)29(20)14-18(15)17-5-4-16(24)11-19(17)25;1-22-10-13-8-18-23-11-19(24-4-6-26-7-5-24)25(18)12-16(13)15-3-2-14(20)9-17(15)21/h4-5,10-11,13-14H,6-9,12H2,1-3H3,(H,27,30);2-3,8-9,11-12,22H,4-7,10H2,1H3. The van der Waals surface area contributed by atoms with Crippen molar-refractivity contribution in [2.45, 2.75) is 39.5 Å². The number of hydrogen-bond acceptors (Lipinski definition) is 9. The summed E-state index contributed by atoms with van der Waals surface area (Å²) in [4.78, 5) is 26.0. The summed E-state index contributed by atoms with van der Waals surface area (Å²) in [5.41, 5.74) is 6.86. The van der Waals surface area contributed by atoms with Gasteiger partial charge in [-0.3, -0.25) is 8.80 Å². The Labute approximate surface area is 357 Å². The zero-order valence-electron chi connectivity index (χ0n) is 32.8. The summed E-state index contributed by atoms with van der Waals surface area (Å²) in [6, 6.07) is 15.1. The van der Waals surface area contributed by atoms with E-state index in [0.717, 1.165) is 102 Å². The number of anilines is 2. The first-order valence-electron chi connectivity index (χ1n) is 19.1. The number of halogens is 4. The van der Waals surface area contributed by atoms with Gasteiger partial charge >= 0.3 is 6.09 Å². The topological polar surface area (TPSA) is 110 Å². The molecule has 0 unspecified atom stereocenters. The molecule has 0 atom stereocenters. The minimum atomic E-state index is -0.577. The van der Waals surface area contributed by atoms with E-state index in [1.165, 1.54) is 0 Å². The van der Waals surface area contributed by atoms with Crippen LogP contribution < -0.4 is 20.4 Å². The van der Waals surface area contributed by atoms with Gasteiger partial charge in [-0.1, -0.05) is 58.5 Å². The van der Waals surface area contributed by atoms with Crippen LogP contribution in [0.4, 0.5) is 16.4 Å². The van der Waals surface area contributed by atoms with Crippen LogP contribution in [-0.2, 0) is 27.3 Å². The summed E-state index contributed by atoms with van der Waals surface area (Å²) in [7, 11) is 1.93. The third-order valence-electron chi connectivity index (χ3n) is 9.73. The van der Waals surface area contributed by atoms with Crippen LogP contribution >= 0.6 is 46.4 Å². The Morgan fingerprint density at radius 1 is 0.690 bits per heavy atom. The largest absolute Gasteiger partial charge is 0.444 e. The molecule has 2 saturated heterocycles. The molecule has 306 valence electrons. The average Bonchev–Trinajstić information content (AvgIpc) is 3.81. The van der Waals surface area contributed by atoms with Gasteiger partial charge in [0.2, 0.25) is 0 Å². The molecule has 6 heterocycles. The van der Waals surface area contributed by atoms with Gasteiger partial charge in [-0.2, -0.15) is 0 Å². The van der Waals surface area contributed by atoms with Gasteiger partial charge in [-0.15, -0.1) is 0 Å². The second-order valence-corrected chi connectivity index (χ2v) is 16.6. The van der Waals surface area contributed by atoms with Crippen molar-refractivity contribution >= 4 is 75.4 Å². The number of fused-ring (bicyclic) bond motifs is 2. The number of carbonyl (C=O) groups is 1. The highest BCUT2D eigenvalue weighted by atomic mass is 35.5. The van der Waals surface area contributed by atoms with Gasteiger partial charge in [-0.25, -0.2) is 14.8 Å². The molecular weight excluding hydrogens is 822 g/mol. The van der Waals surface area contributed by atoms with Gasteiger partial charge in [0.1, 0.15) is 28.5 Å². The maximum absolute atomic E-state index is 12.2. The van der Waals surface area contributed by atoms with E-state index in [9.17, 15) is 4.79 Å². The van der Waals surface area contributed by atoms with Gasteiger partial charge in [-0.05, 0) is 75.3 Å². The number of amides is 1. The first kappa shape index (κ1) is 41.9. The first-order valence-corrected chi connectivity index (χ1v) is 20.6. The van der Waals surface area contributed by atoms with E-state index in [2.05, 4.69) is 47.1 Å². The Morgan fingerprint density at radius 2 is 1.14 bits per heavy atom. The third-order valence-corrected chi connectivity index (χ3v) is 10.8. The number of nitrogens with zero attached hydrogens (tertiary/aromatic N) is 6. The van der Waals surface area contributed by atoms with E-state index < -0.39 is 11.7 Å². The minimum absolute atomic E-state index is 0.263. The molecule has 8 rings (SSSR count). The van der Waals surface area contributed by atoms with Crippen LogP contribution in [0, 0.1) is 0 Å². The van der Waals surface area contributed by atoms with Crippen LogP contribution in [0.2, 0.25) is 20.1 Å². The normalized spacial score (nSPS) is 14.8. The quantitative estimate of drug-likeness (QED) is 0.155. The van der Waals surface area contributed by atoms with E-state index in [4.69, 9.17) is 60.6 Å². The van der Waals surface area contributed by atoms with Gasteiger partial charge in [0.05, 0.1) is 38.8 Å². The summed E-state index contributed by atoms with van der Waals surface area (Å²) in [5, 5.41) is 8.43. The number of hydrogen-bond donors (Lipinski definition) is 2. The Morgan fingerprint density at radius 3 is 1.55 bits per heavy atom. The number of pyridine rings is 2. The number of benzene rings is 2. The Kier molecular flexibility index (Phi) is 13.2. The summed E-state index contributed by atoms with van der Waals surface area (Å²) in [6.45, 7) is 12.6. The molecule has 0 saturated carbocycles. The molecule has 4 aromatic heterocycles. The minimum Gasteiger partial charge on any atom is -0.444 e. The molecule has 0 bridgehead atoms. The fraction of sp³-hybridized carbons (Fsp3) is 0.357. The lowest BCUT2D eigenvalue weighted by Gasteiger charge is -2.28. The summed E-state index contributed by atoms with van der Waals surface area (Å²) < 4.78 is 20.5. The molecule has 2 fully saturated rings. The molecule has 58 heavy (non-hydrogen) atoms. The number of rotatable bonds is 8. The predicted molar refractivity (Wildman–Crippen MR) is 233 cm³/mol. The zero-order chi connectivity index (χ0) is 41.0. The highest BCUT2D eigenvalue weighted by molar-refractivity contribution is 6.37. The molecular formula is C42H46Cl4N8O4. The molecule has 0 radical (unpaired) electrons. The maximum atomic E-state index is 12.2. The number of ether oxygens (including phenoxy) is 3. The van der Waals surface area contributed by atoms with Crippen molar-refractivity contribution in [2.75, 3.05) is 69.5 Å². The average molecular weight is 869 g/mol. The van der Waals surface area contributed by atoms with Crippen LogP contribution in [0.3, 0.4) is 0 Å². The third kappa shape index (κ3) is 9.77. The second-order valence-electron chi connectivity index (χ2n) is 14.9. The fourth-order valence-electron chi connectivity index (χ4n) is 7.02. The van der Waals surface area contributed by atoms with Crippen molar-refractivity contribution in [2.24, 2.45) is 0 Å². The fourth-order valence-corrected chi connectivity index (χ4v) is 8.04. The van der Waals surface area contributed by atoms with Gasteiger partial charge in [0, 0.05) is 94.0 Å². The summed E-state index contributed by atoms with van der Waals surface area (Å²) in [5.74, 6) is 2.06. The molecule has 2 aliphatic heterocycles. The lowest BCUT2D eigenvalue weighted by molar-refractivity contribution is 0.0523. The molecule has 2 N–H and O–H groups in total. The molecule has 2 aromatic carbocycles. The summed E-state index contributed by atoms with van der Waals surface area (Å²) >= 11 is 25.2. The molecule has 6 aromatic rings. The number of morpholine rings is 2. The van der Waals surface area contributed by atoms with Crippen molar-refractivity contribution in [3.05, 3.63) is 105 Å². The molecule has 2 aliphatic rings. The van der Waals surface area contributed by atoms with E-state index in [-0.39, 0.29) is 6.54 Å². The van der Waals surface area contributed by atoms with Crippen LogP contribution in [-0.4, -0.2) is 90.1 Å². The maximum Gasteiger partial charge on any atom is 0.407 e. The van der Waals surface area contributed by atoms with Gasteiger partial charge < -0.3 is 34.6 Å². The molecule has 16 heteroatoms. The monoisotopic (exact) mass is 866 g/mol. The van der Waals surface area contributed by atoms with Crippen LogP contribution in [0.1, 0.15) is 31.9 Å². The predicted octanol–water partition coefficient (Wildman–Crippen LogP) is 9.03. The van der Waals surface area contributed by atoms with E-state index in [1.54, 1.807) is 18.2 Å². The molecule has 0 aliphatic carbocycles. The van der Waals surface area contributed by atoms with Crippen molar-refractivity contribution in [1.82, 2.24) is 29.4 Å². The van der Waals surface area contributed by atoms with Crippen LogP contribution in [0.15, 0.2) is 73.3 Å². The van der Waals surface area contributed by atoms with Gasteiger partial charge in [0.15, 0.2) is 0 Å². The Hall–Kier alpha value is -4.27. The van der Waals surface area contributed by atoms with Crippen LogP contribution in [0.25, 0.3) is 33.5 Å². The number of aromatic nitrogens is 4. The first-order chi connectivity index (χ1) is 27.9. The molecule has 0 spiro atoms. The number of alkyl carbamates (subject to hydrolysis) is 1. The highest BCUT2D eigenvalue weighted by Gasteiger charge is 2.22. The van der Waals surface area contributed by atoms with Gasteiger partial charge in [0.25, 0.3) is 0 Å². The lowest BCUT2D eigenvalue weighted by atomic mass is 10.0. The lowest BCUT2D eigenvalue weighted by Crippen LogP contribution is -2.36. The van der Waals surface area contributed by atoms with Crippen molar-refractivity contribution in [3.63, 3.8) is 0 Å². The highest BCUT2D eigenvalue weighted by Crippen LogP contribution is 2.36. The van der Waals surface area contributed by atoms with E-state index >= 15 is 0 Å².